The van der Waals surface area contributed by atoms with E-state index in [1.54, 1.807) is 31.2 Å². The Labute approximate surface area is 112 Å². The summed E-state index contributed by atoms with van der Waals surface area (Å²) in [6.07, 6.45) is 1.07. The van der Waals surface area contributed by atoms with Gasteiger partial charge in [0.05, 0.1) is 6.26 Å². The van der Waals surface area contributed by atoms with E-state index in [0.29, 0.717) is 11.4 Å². The third-order valence-electron chi connectivity index (χ3n) is 2.13. The molecule has 18 heavy (non-hydrogen) atoms. The van der Waals surface area contributed by atoms with Crippen LogP contribution in [0.1, 0.15) is 6.92 Å². The van der Waals surface area contributed by atoms with Crippen LogP contribution in [0.4, 0.5) is 11.4 Å². The fraction of sp³-hybridized carbons (Fsp3) is 0.364. The minimum atomic E-state index is -3.29. The zero-order valence-corrected chi connectivity index (χ0v) is 11.7. The highest BCUT2D eigenvalue weighted by molar-refractivity contribution is 7.92. The highest BCUT2D eigenvalue weighted by Gasteiger charge is 2.11. The lowest BCUT2D eigenvalue weighted by atomic mass is 10.2. The molecule has 0 fully saturated rings. The molecule has 1 amide bonds. The monoisotopic (exact) mass is 290 g/mol. The van der Waals surface area contributed by atoms with E-state index in [9.17, 15) is 13.2 Å². The molecule has 2 N–H and O–H groups in total. The number of benzene rings is 1. The Kier molecular flexibility index (Phi) is 4.98. The molecule has 1 unspecified atom stereocenters. The summed E-state index contributed by atoms with van der Waals surface area (Å²) in [7, 11) is -3.29. The van der Waals surface area contributed by atoms with Gasteiger partial charge in [0.1, 0.15) is 0 Å². The molecular weight excluding hydrogens is 276 g/mol. The van der Waals surface area contributed by atoms with E-state index in [-0.39, 0.29) is 17.7 Å². The van der Waals surface area contributed by atoms with Crippen LogP contribution in [-0.4, -0.2) is 26.5 Å². The summed E-state index contributed by atoms with van der Waals surface area (Å²) in [5.74, 6) is -0.200. The number of hydrogen-bond donors (Lipinski definition) is 2. The smallest absolute Gasteiger partial charge is 0.229 e. The van der Waals surface area contributed by atoms with Gasteiger partial charge in [0, 0.05) is 23.2 Å². The second kappa shape index (κ2) is 6.06. The highest BCUT2D eigenvalue weighted by atomic mass is 35.5. The number of alkyl halides is 1. The zero-order valence-electron chi connectivity index (χ0n) is 10.1. The van der Waals surface area contributed by atoms with E-state index in [1.807, 2.05) is 0 Å². The van der Waals surface area contributed by atoms with Gasteiger partial charge < -0.3 is 5.32 Å². The number of hydrogen-bond acceptors (Lipinski definition) is 3. The zero-order chi connectivity index (χ0) is 13.8. The van der Waals surface area contributed by atoms with Crippen molar-refractivity contribution in [3.05, 3.63) is 24.3 Å². The average molecular weight is 291 g/mol. The van der Waals surface area contributed by atoms with Crippen LogP contribution in [0.3, 0.4) is 0 Å². The van der Waals surface area contributed by atoms with Crippen LogP contribution in [0.25, 0.3) is 0 Å². The molecule has 0 bridgehead atoms. The lowest BCUT2D eigenvalue weighted by Gasteiger charge is -2.10. The predicted molar refractivity (Wildman–Crippen MR) is 73.4 cm³/mol. The summed E-state index contributed by atoms with van der Waals surface area (Å²) in [6, 6.07) is 6.38. The number of halogens is 1. The Morgan fingerprint density at radius 1 is 1.28 bits per heavy atom. The van der Waals surface area contributed by atoms with Gasteiger partial charge >= 0.3 is 0 Å². The molecule has 1 atom stereocenters. The minimum Gasteiger partial charge on any atom is -0.326 e. The van der Waals surface area contributed by atoms with E-state index in [2.05, 4.69) is 10.0 Å². The molecule has 1 aromatic carbocycles. The molecule has 1 aromatic rings. The molecule has 0 saturated carbocycles. The minimum absolute atomic E-state index is 0.172. The van der Waals surface area contributed by atoms with Gasteiger partial charge in [-0.25, -0.2) is 8.42 Å². The molecule has 0 aromatic heterocycles. The Balaban J connectivity index is 2.69. The fourth-order valence-corrected chi connectivity index (χ4v) is 1.88. The fourth-order valence-electron chi connectivity index (χ4n) is 1.17. The molecule has 0 heterocycles. The van der Waals surface area contributed by atoms with Crippen molar-refractivity contribution in [2.75, 3.05) is 22.2 Å². The first-order valence-corrected chi connectivity index (χ1v) is 7.69. The summed E-state index contributed by atoms with van der Waals surface area (Å²) in [4.78, 5) is 11.6. The van der Waals surface area contributed by atoms with E-state index < -0.39 is 10.0 Å². The van der Waals surface area contributed by atoms with Crippen molar-refractivity contribution in [2.45, 2.75) is 6.92 Å². The second-order valence-electron chi connectivity index (χ2n) is 4.00. The molecule has 0 radical (unpaired) electrons. The summed E-state index contributed by atoms with van der Waals surface area (Å²) >= 11 is 5.57. The molecule has 0 aliphatic rings. The first-order valence-electron chi connectivity index (χ1n) is 5.26. The maximum atomic E-state index is 11.6. The van der Waals surface area contributed by atoms with E-state index >= 15 is 0 Å². The summed E-state index contributed by atoms with van der Waals surface area (Å²) in [6.45, 7) is 1.72. The molecular formula is C11H15ClN2O3S. The maximum absolute atomic E-state index is 11.6. The number of nitrogens with one attached hydrogen (secondary N) is 2. The van der Waals surface area contributed by atoms with E-state index in [1.165, 1.54) is 0 Å². The first-order chi connectivity index (χ1) is 8.31. The summed E-state index contributed by atoms with van der Waals surface area (Å²) < 4.78 is 24.3. The van der Waals surface area contributed by atoms with Crippen LogP contribution in [0.5, 0.6) is 0 Å². The molecule has 0 spiro atoms. The Morgan fingerprint density at radius 2 is 1.78 bits per heavy atom. The number of sulfonamides is 1. The third-order valence-corrected chi connectivity index (χ3v) is 3.20. The van der Waals surface area contributed by atoms with Crippen molar-refractivity contribution in [2.24, 2.45) is 5.92 Å². The number of amides is 1. The van der Waals surface area contributed by atoms with Crippen molar-refractivity contribution in [3.8, 4) is 0 Å². The number of carbonyl (C=O) groups is 1. The Morgan fingerprint density at radius 3 is 2.22 bits per heavy atom. The van der Waals surface area contributed by atoms with Gasteiger partial charge in [-0.15, -0.1) is 11.6 Å². The molecule has 0 aliphatic carbocycles. The summed E-state index contributed by atoms with van der Waals surface area (Å²) in [5.41, 5.74) is 1.04. The van der Waals surface area contributed by atoms with Crippen LogP contribution in [0, 0.1) is 5.92 Å². The van der Waals surface area contributed by atoms with Crippen LogP contribution >= 0.6 is 11.6 Å². The standard InChI is InChI=1S/C11H15ClN2O3S/c1-8(7-12)11(15)13-9-3-5-10(6-4-9)14-18(2,16)17/h3-6,8,14H,7H2,1-2H3,(H,13,15). The predicted octanol–water partition coefficient (Wildman–Crippen LogP) is 1.87. The highest BCUT2D eigenvalue weighted by Crippen LogP contribution is 2.15. The first kappa shape index (κ1) is 14.8. The molecule has 5 nitrogen and oxygen atoms in total. The van der Waals surface area contributed by atoms with Gasteiger partial charge in [0.15, 0.2) is 0 Å². The van der Waals surface area contributed by atoms with E-state index in [0.717, 1.165) is 6.26 Å². The van der Waals surface area contributed by atoms with Gasteiger partial charge in [0.2, 0.25) is 15.9 Å². The van der Waals surface area contributed by atoms with Crippen LogP contribution < -0.4 is 10.0 Å². The molecule has 1 rings (SSSR count). The molecule has 0 aliphatic heterocycles. The maximum Gasteiger partial charge on any atom is 0.229 e. The lowest BCUT2D eigenvalue weighted by molar-refractivity contribution is -0.118. The van der Waals surface area contributed by atoms with Gasteiger partial charge in [-0.3, -0.25) is 9.52 Å². The molecule has 100 valence electrons. The number of rotatable bonds is 5. The largest absolute Gasteiger partial charge is 0.326 e. The summed E-state index contributed by atoms with van der Waals surface area (Å²) in [5, 5.41) is 2.68. The van der Waals surface area contributed by atoms with Crippen molar-refractivity contribution in [1.82, 2.24) is 0 Å². The van der Waals surface area contributed by atoms with Crippen molar-refractivity contribution >= 4 is 38.9 Å². The third kappa shape index (κ3) is 4.93. The van der Waals surface area contributed by atoms with Crippen molar-refractivity contribution in [3.63, 3.8) is 0 Å². The molecule has 0 saturated heterocycles. The van der Waals surface area contributed by atoms with Crippen molar-refractivity contribution < 1.29 is 13.2 Å². The number of carbonyl (C=O) groups excluding carboxylic acids is 1. The normalized spacial score (nSPS) is 12.8. The average Bonchev–Trinajstić information content (AvgIpc) is 2.28. The SMILES string of the molecule is CC(CCl)C(=O)Nc1ccc(NS(C)(=O)=O)cc1. The second-order valence-corrected chi connectivity index (χ2v) is 6.05. The van der Waals surface area contributed by atoms with Gasteiger partial charge in [-0.05, 0) is 24.3 Å². The number of anilines is 2. The van der Waals surface area contributed by atoms with E-state index in [4.69, 9.17) is 11.6 Å². The Bertz CT molecular complexity index is 514. The lowest BCUT2D eigenvalue weighted by Crippen LogP contribution is -2.21. The topological polar surface area (TPSA) is 75.3 Å². The molecule has 7 heteroatoms. The van der Waals surface area contributed by atoms with Crippen LogP contribution in [0.2, 0.25) is 0 Å². The van der Waals surface area contributed by atoms with Crippen LogP contribution in [-0.2, 0) is 14.8 Å². The van der Waals surface area contributed by atoms with Gasteiger partial charge in [-0.2, -0.15) is 0 Å². The van der Waals surface area contributed by atoms with Crippen LogP contribution in [0.15, 0.2) is 24.3 Å². The van der Waals surface area contributed by atoms with Gasteiger partial charge in [0.25, 0.3) is 0 Å². The quantitative estimate of drug-likeness (QED) is 0.813. The Hall–Kier alpha value is -1.27. The van der Waals surface area contributed by atoms with Gasteiger partial charge in [-0.1, -0.05) is 6.92 Å². The van der Waals surface area contributed by atoms with Crippen molar-refractivity contribution in [1.29, 1.82) is 0 Å².